The quantitative estimate of drug-likeness (QED) is 0.274. The molecule has 0 atom stereocenters. The van der Waals surface area contributed by atoms with Gasteiger partial charge in [-0.25, -0.2) is 4.79 Å². The molecule has 0 amide bonds. The standard InChI is InChI=1S/2C8H16.C6H4F3NO.C6H3F3O2.H3N.H2O/c2*1-5-8(4)6-7(2)3;7-6(8,9)4-1-2-10-5(11)3-4;7-6(8,9)4-1-2-11-5(10)3-4;;/h6-7H,5H2,1-4H3;5,7H,6H2,1-4H3;1-3H,(H,10,11);1-3H;1H3;1H2/p+1. The van der Waals surface area contributed by atoms with Gasteiger partial charge < -0.3 is 21.0 Å². The van der Waals surface area contributed by atoms with Crippen LogP contribution in [0.4, 0.5) is 26.3 Å². The minimum absolute atomic E-state index is 0. The van der Waals surface area contributed by atoms with Crippen molar-refractivity contribution in [1.29, 1.82) is 0 Å². The molecule has 0 radical (unpaired) electrons. The Morgan fingerprint density at radius 1 is 0.950 bits per heavy atom. The highest BCUT2D eigenvalue weighted by molar-refractivity contribution is 5.13. The molecule has 0 spiro atoms. The number of nitrogens with one attached hydrogen (secondary N) is 1. The molecule has 0 aliphatic carbocycles. The Bertz CT molecular complexity index is 1040. The Kier molecular flexibility index (Phi) is 23.8. The number of halogens is 6. The molecule has 232 valence electrons. The van der Waals surface area contributed by atoms with Crippen molar-refractivity contribution in [1.82, 2.24) is 11.1 Å². The van der Waals surface area contributed by atoms with Gasteiger partial charge in [0.1, 0.15) is 0 Å². The molecule has 0 aromatic carbocycles. The lowest BCUT2D eigenvalue weighted by Crippen LogP contribution is -2.11. The van der Waals surface area contributed by atoms with Crippen LogP contribution in [0.15, 0.2) is 74.0 Å². The Morgan fingerprint density at radius 3 is 1.70 bits per heavy atom. The van der Waals surface area contributed by atoms with Gasteiger partial charge in [-0.15, -0.1) is 0 Å². The van der Waals surface area contributed by atoms with Crippen molar-refractivity contribution in [3.63, 3.8) is 0 Å². The minimum Gasteiger partial charge on any atom is -0.431 e. The highest BCUT2D eigenvalue weighted by Crippen LogP contribution is 2.28. The summed E-state index contributed by atoms with van der Waals surface area (Å²) in [5.74, 6) is 1.53. The van der Waals surface area contributed by atoms with Gasteiger partial charge >= 0.3 is 19.4 Å². The maximum Gasteiger partial charge on any atom is 1.00 e. The van der Waals surface area contributed by atoms with Crippen LogP contribution in [0.2, 0.25) is 0 Å². The zero-order valence-corrected chi connectivity index (χ0v) is 24.4. The number of pyridine rings is 1. The second-order valence-corrected chi connectivity index (χ2v) is 9.12. The fourth-order valence-electron chi connectivity index (χ4n) is 2.63. The van der Waals surface area contributed by atoms with E-state index in [1.165, 1.54) is 24.0 Å². The molecular formula is C28H45F6N2O4+. The molecule has 0 unspecified atom stereocenters. The fraction of sp³-hybridized carbons (Fsp3) is 0.500. The van der Waals surface area contributed by atoms with E-state index in [-0.39, 0.29) is 13.1 Å². The van der Waals surface area contributed by atoms with Crippen molar-refractivity contribution in [3.05, 3.63) is 91.9 Å². The summed E-state index contributed by atoms with van der Waals surface area (Å²) in [5, 5.41) is 0. The van der Waals surface area contributed by atoms with Gasteiger partial charge in [0.15, 0.2) is 0 Å². The molecule has 0 bridgehead atoms. The molecule has 0 fully saturated rings. The first-order valence-electron chi connectivity index (χ1n) is 12.0. The van der Waals surface area contributed by atoms with Crippen LogP contribution in [0.1, 0.15) is 80.8 Å². The maximum atomic E-state index is 11.8. The lowest BCUT2D eigenvalue weighted by atomic mass is 10.0. The van der Waals surface area contributed by atoms with Crippen LogP contribution in [-0.4, -0.2) is 10.5 Å². The number of alkyl halides is 6. The summed E-state index contributed by atoms with van der Waals surface area (Å²) in [4.78, 5) is 22.7. The summed E-state index contributed by atoms with van der Waals surface area (Å²) < 4.78 is 74.9. The number of allylic oxidation sites excluding steroid dienone is 4. The van der Waals surface area contributed by atoms with Gasteiger partial charge in [-0.05, 0) is 57.6 Å². The molecule has 0 aliphatic rings. The average Bonchev–Trinajstić information content (AvgIpc) is 2.78. The van der Waals surface area contributed by atoms with Crippen LogP contribution in [0.25, 0.3) is 0 Å². The van der Waals surface area contributed by atoms with Gasteiger partial charge in [-0.1, -0.05) is 57.9 Å². The van der Waals surface area contributed by atoms with Crippen molar-refractivity contribution >= 4 is 0 Å². The maximum absolute atomic E-state index is 11.8. The molecule has 40 heavy (non-hydrogen) atoms. The van der Waals surface area contributed by atoms with Gasteiger partial charge in [0.2, 0.25) is 5.56 Å². The third-order valence-electron chi connectivity index (χ3n) is 4.53. The van der Waals surface area contributed by atoms with E-state index < -0.39 is 34.7 Å². The van der Waals surface area contributed by atoms with Crippen molar-refractivity contribution in [3.8, 4) is 0 Å². The number of H-pyrrole nitrogens is 1. The van der Waals surface area contributed by atoms with Crippen LogP contribution < -0.4 is 17.3 Å². The van der Waals surface area contributed by atoms with E-state index in [2.05, 4.69) is 76.9 Å². The minimum atomic E-state index is -4.48. The van der Waals surface area contributed by atoms with Crippen LogP contribution in [-0.2, 0) is 12.4 Å². The van der Waals surface area contributed by atoms with Crippen LogP contribution in [0.5, 0.6) is 0 Å². The third kappa shape index (κ3) is 24.0. The Morgan fingerprint density at radius 2 is 1.45 bits per heavy atom. The number of aromatic nitrogens is 1. The van der Waals surface area contributed by atoms with E-state index in [1.54, 1.807) is 0 Å². The molecule has 0 aliphatic heterocycles. The average molecular weight is 588 g/mol. The molecule has 0 saturated carbocycles. The van der Waals surface area contributed by atoms with Crippen LogP contribution in [0, 0.1) is 11.8 Å². The van der Waals surface area contributed by atoms with Gasteiger partial charge in [-0.3, -0.25) is 4.79 Å². The molecular weight excluding hydrogens is 542 g/mol. The van der Waals surface area contributed by atoms with Crippen molar-refractivity contribution < 1.29 is 37.7 Å². The number of hydrogen-bond donors (Lipinski definition) is 2. The summed E-state index contributed by atoms with van der Waals surface area (Å²) >= 11 is 0. The van der Waals surface area contributed by atoms with Gasteiger partial charge in [0.05, 0.1) is 17.4 Å². The highest BCUT2D eigenvalue weighted by atomic mass is 19.4. The summed E-state index contributed by atoms with van der Waals surface area (Å²) in [6, 6.07) is 2.42. The Hall–Kier alpha value is -3.12. The first-order chi connectivity index (χ1) is 17.3. The van der Waals surface area contributed by atoms with E-state index >= 15 is 0 Å². The lowest BCUT2D eigenvalue weighted by Gasteiger charge is -2.03. The summed E-state index contributed by atoms with van der Waals surface area (Å²) in [6.07, 6.45) is -0.310. The fourth-order valence-corrected chi connectivity index (χ4v) is 2.63. The van der Waals surface area contributed by atoms with E-state index in [0.717, 1.165) is 24.1 Å². The van der Waals surface area contributed by atoms with E-state index in [0.29, 0.717) is 24.5 Å². The topological polar surface area (TPSA) is 130 Å². The summed E-state index contributed by atoms with van der Waals surface area (Å²) in [7, 11) is 0. The van der Waals surface area contributed by atoms with Crippen molar-refractivity contribution in [2.45, 2.75) is 80.6 Å². The lowest BCUT2D eigenvalue weighted by molar-refractivity contribution is -0.138. The molecule has 6 nitrogen and oxygen atoms in total. The van der Waals surface area contributed by atoms with Crippen molar-refractivity contribution in [2.75, 3.05) is 0 Å². The normalized spacial score (nSPS) is 11.5. The molecule has 0 saturated heterocycles. The molecule has 2 aromatic heterocycles. The predicted octanol–water partition coefficient (Wildman–Crippen LogP) is 8.50. The highest BCUT2D eigenvalue weighted by Gasteiger charge is 2.31. The zero-order chi connectivity index (χ0) is 30.1. The Labute approximate surface area is 233 Å². The molecule has 6 N–H and O–H groups in total. The number of rotatable bonds is 4. The van der Waals surface area contributed by atoms with Gasteiger partial charge in [0, 0.05) is 18.3 Å². The first-order valence-corrected chi connectivity index (χ1v) is 12.0. The second kappa shape index (κ2) is 21.7. The third-order valence-corrected chi connectivity index (χ3v) is 4.53. The predicted molar refractivity (Wildman–Crippen MR) is 150 cm³/mol. The largest absolute Gasteiger partial charge is 1.00 e. The van der Waals surface area contributed by atoms with Gasteiger partial charge in [-0.2, -0.15) is 26.3 Å². The zero-order valence-electron chi connectivity index (χ0n) is 25.4. The smallest absolute Gasteiger partial charge is 0.431 e. The Balaban J connectivity index is -0.000000139. The monoisotopic (exact) mass is 587 g/mol. The molecule has 2 rings (SSSR count). The van der Waals surface area contributed by atoms with Crippen LogP contribution >= 0.6 is 0 Å². The number of hydrogen-bond acceptors (Lipinski definition) is 4. The second-order valence-electron chi connectivity index (χ2n) is 9.12. The van der Waals surface area contributed by atoms with E-state index in [1.807, 2.05) is 0 Å². The number of aromatic amines is 1. The van der Waals surface area contributed by atoms with E-state index in [9.17, 15) is 35.9 Å². The summed E-state index contributed by atoms with van der Waals surface area (Å²) in [6.45, 7) is 17.5. The first kappa shape index (κ1) is 43.9. The van der Waals surface area contributed by atoms with E-state index in [4.69, 9.17) is 0 Å². The summed E-state index contributed by atoms with van der Waals surface area (Å²) in [5.41, 5.74) is -0.672. The van der Waals surface area contributed by atoms with Crippen molar-refractivity contribution in [2.24, 2.45) is 11.8 Å². The molecule has 2 aromatic rings. The van der Waals surface area contributed by atoms with Crippen LogP contribution in [0.3, 0.4) is 0 Å². The SMILES string of the molecule is CC=C(C)CC(C)C.CCC(C)=CC(C)C.N.O.O=c1cc(C(F)(F)F)cc[nH]1.O=c1cc(C(F)(F)F)cco1.[H+]. The molecule has 12 heteroatoms. The van der Waals surface area contributed by atoms with Gasteiger partial charge in [0.25, 0.3) is 0 Å². The molecule has 2 heterocycles.